The fourth-order valence-electron chi connectivity index (χ4n) is 2.81. The molecule has 2 aromatic carbocycles. The minimum Gasteiger partial charge on any atom is -0.325 e. The number of alkyl halides is 3. The van der Waals surface area contributed by atoms with Crippen molar-refractivity contribution in [1.82, 2.24) is 19.8 Å². The van der Waals surface area contributed by atoms with Crippen LogP contribution < -0.4 is 5.32 Å². The first-order valence-electron chi connectivity index (χ1n) is 9.19. The number of fused-ring (bicyclic) bond motifs is 1. The molecule has 4 aromatic rings. The van der Waals surface area contributed by atoms with Crippen molar-refractivity contribution in [2.45, 2.75) is 18.3 Å². The summed E-state index contributed by atoms with van der Waals surface area (Å²) in [5.41, 5.74) is 2.88. The molecule has 0 aliphatic rings. The van der Waals surface area contributed by atoms with Crippen molar-refractivity contribution in [3.8, 4) is 11.3 Å². The smallest absolute Gasteiger partial charge is 0.325 e. The van der Waals surface area contributed by atoms with Crippen LogP contribution in [0.15, 0.2) is 65.8 Å². The Morgan fingerprint density at radius 2 is 1.71 bits per heavy atom. The summed E-state index contributed by atoms with van der Waals surface area (Å²) in [7, 11) is 0. The number of halogens is 3. The molecule has 0 atom stereocenters. The minimum atomic E-state index is -4.42. The highest BCUT2D eigenvalue weighted by molar-refractivity contribution is 7.99. The van der Waals surface area contributed by atoms with E-state index in [2.05, 4.69) is 20.6 Å². The molecule has 0 saturated carbocycles. The lowest BCUT2D eigenvalue weighted by molar-refractivity contribution is -0.137. The van der Waals surface area contributed by atoms with Gasteiger partial charge in [-0.05, 0) is 43.3 Å². The zero-order valence-electron chi connectivity index (χ0n) is 16.2. The van der Waals surface area contributed by atoms with Crippen LogP contribution in [0.2, 0.25) is 0 Å². The Hall–Kier alpha value is -3.40. The van der Waals surface area contributed by atoms with Crippen LogP contribution >= 0.6 is 11.8 Å². The fourth-order valence-corrected chi connectivity index (χ4v) is 3.49. The number of thioether (sulfide) groups is 1. The minimum absolute atomic E-state index is 0.00173. The van der Waals surface area contributed by atoms with E-state index in [0.29, 0.717) is 10.8 Å². The molecule has 0 aliphatic heterocycles. The second-order valence-corrected chi connectivity index (χ2v) is 7.69. The van der Waals surface area contributed by atoms with Crippen molar-refractivity contribution in [3.05, 3.63) is 71.8 Å². The maximum atomic E-state index is 12.6. The standard InChI is InChI=1S/C21H16F3N5OS/c1-13-2-4-14(5-3-13)17-10-11-18-26-27-20(29(18)28-17)31-12-19(30)25-16-8-6-15(7-9-16)21(22,23)24/h2-11H,12H2,1H3,(H,25,30). The summed E-state index contributed by atoms with van der Waals surface area (Å²) in [4.78, 5) is 12.2. The van der Waals surface area contributed by atoms with Gasteiger partial charge in [-0.15, -0.1) is 10.2 Å². The molecule has 2 heterocycles. The van der Waals surface area contributed by atoms with Gasteiger partial charge >= 0.3 is 6.18 Å². The predicted molar refractivity (Wildman–Crippen MR) is 112 cm³/mol. The largest absolute Gasteiger partial charge is 0.416 e. The molecule has 158 valence electrons. The van der Waals surface area contributed by atoms with Crippen molar-refractivity contribution in [3.63, 3.8) is 0 Å². The number of carbonyl (C=O) groups is 1. The molecule has 0 saturated heterocycles. The van der Waals surface area contributed by atoms with Gasteiger partial charge in [-0.2, -0.15) is 22.8 Å². The number of anilines is 1. The number of benzene rings is 2. The third kappa shape index (κ3) is 4.85. The van der Waals surface area contributed by atoms with E-state index < -0.39 is 11.7 Å². The quantitative estimate of drug-likeness (QED) is 0.447. The molecular weight excluding hydrogens is 427 g/mol. The molecule has 0 radical (unpaired) electrons. The Balaban J connectivity index is 1.44. The monoisotopic (exact) mass is 443 g/mol. The van der Waals surface area contributed by atoms with Crippen LogP contribution in [0.3, 0.4) is 0 Å². The topological polar surface area (TPSA) is 72.2 Å². The maximum Gasteiger partial charge on any atom is 0.416 e. The Labute approximate surface area is 179 Å². The van der Waals surface area contributed by atoms with E-state index in [1.54, 1.807) is 10.6 Å². The van der Waals surface area contributed by atoms with E-state index in [9.17, 15) is 18.0 Å². The van der Waals surface area contributed by atoms with Crippen molar-refractivity contribution >= 4 is 29.0 Å². The van der Waals surface area contributed by atoms with Gasteiger partial charge in [-0.25, -0.2) is 0 Å². The van der Waals surface area contributed by atoms with E-state index in [-0.39, 0.29) is 17.3 Å². The molecule has 0 bridgehead atoms. The SMILES string of the molecule is Cc1ccc(-c2ccc3nnc(SCC(=O)Nc4ccc(C(F)(F)F)cc4)n3n2)cc1. The summed E-state index contributed by atoms with van der Waals surface area (Å²) < 4.78 is 39.5. The van der Waals surface area contributed by atoms with Crippen LogP contribution in [0.1, 0.15) is 11.1 Å². The summed E-state index contributed by atoms with van der Waals surface area (Å²) in [6, 6.07) is 15.8. The van der Waals surface area contributed by atoms with Crippen LogP contribution in [0.25, 0.3) is 16.9 Å². The molecule has 0 unspecified atom stereocenters. The van der Waals surface area contributed by atoms with Gasteiger partial charge in [0.1, 0.15) is 0 Å². The fraction of sp³-hybridized carbons (Fsp3) is 0.143. The number of nitrogens with zero attached hydrogens (tertiary/aromatic N) is 4. The number of amides is 1. The van der Waals surface area contributed by atoms with Gasteiger partial charge in [0.25, 0.3) is 0 Å². The summed E-state index contributed by atoms with van der Waals surface area (Å²) in [6.07, 6.45) is -4.42. The molecular formula is C21H16F3N5OS. The van der Waals surface area contributed by atoms with Gasteiger partial charge in [-0.1, -0.05) is 41.6 Å². The van der Waals surface area contributed by atoms with Gasteiger partial charge in [-0.3, -0.25) is 4.79 Å². The summed E-state index contributed by atoms with van der Waals surface area (Å²) >= 11 is 1.13. The number of carbonyl (C=O) groups excluding carboxylic acids is 1. The molecule has 2 aromatic heterocycles. The lowest BCUT2D eigenvalue weighted by atomic mass is 10.1. The highest BCUT2D eigenvalue weighted by Crippen LogP contribution is 2.30. The number of hydrogen-bond donors (Lipinski definition) is 1. The van der Waals surface area contributed by atoms with Crippen LogP contribution in [-0.4, -0.2) is 31.5 Å². The number of aryl methyl sites for hydroxylation is 1. The molecule has 0 aliphatic carbocycles. The Kier molecular flexibility index (Phi) is 5.64. The lowest BCUT2D eigenvalue weighted by Crippen LogP contribution is -2.14. The molecule has 1 amide bonds. The number of hydrogen-bond acceptors (Lipinski definition) is 5. The van der Waals surface area contributed by atoms with Gasteiger partial charge in [0.05, 0.1) is 17.0 Å². The highest BCUT2D eigenvalue weighted by Gasteiger charge is 2.30. The highest BCUT2D eigenvalue weighted by atomic mass is 32.2. The normalized spacial score (nSPS) is 11.6. The molecule has 31 heavy (non-hydrogen) atoms. The first-order valence-corrected chi connectivity index (χ1v) is 10.2. The van der Waals surface area contributed by atoms with Gasteiger partial charge in [0.15, 0.2) is 5.65 Å². The molecule has 1 N–H and O–H groups in total. The van der Waals surface area contributed by atoms with E-state index in [0.717, 1.165) is 40.7 Å². The molecule has 10 heteroatoms. The summed E-state index contributed by atoms with van der Waals surface area (Å²) in [6.45, 7) is 2.00. The van der Waals surface area contributed by atoms with E-state index in [1.165, 1.54) is 12.1 Å². The van der Waals surface area contributed by atoms with E-state index >= 15 is 0 Å². The predicted octanol–water partition coefficient (Wildman–Crippen LogP) is 4.85. The van der Waals surface area contributed by atoms with E-state index in [4.69, 9.17) is 0 Å². The van der Waals surface area contributed by atoms with Gasteiger partial charge in [0.2, 0.25) is 11.1 Å². The zero-order chi connectivity index (χ0) is 22.0. The lowest BCUT2D eigenvalue weighted by Gasteiger charge is -2.08. The number of aromatic nitrogens is 4. The third-order valence-corrected chi connectivity index (χ3v) is 5.33. The zero-order valence-corrected chi connectivity index (χ0v) is 17.0. The number of rotatable bonds is 5. The van der Waals surface area contributed by atoms with Crippen molar-refractivity contribution in [1.29, 1.82) is 0 Å². The third-order valence-electron chi connectivity index (χ3n) is 4.41. The van der Waals surface area contributed by atoms with Gasteiger partial charge in [0, 0.05) is 11.3 Å². The molecule has 4 rings (SSSR count). The second kappa shape index (κ2) is 8.38. The van der Waals surface area contributed by atoms with Crippen molar-refractivity contribution in [2.24, 2.45) is 0 Å². The Morgan fingerprint density at radius 3 is 2.39 bits per heavy atom. The summed E-state index contributed by atoms with van der Waals surface area (Å²) in [5, 5.41) is 15.7. The number of nitrogens with one attached hydrogen (secondary N) is 1. The Bertz CT molecular complexity index is 1220. The summed E-state index contributed by atoms with van der Waals surface area (Å²) in [5.74, 6) is -0.380. The first kappa shape index (κ1) is 20.9. The van der Waals surface area contributed by atoms with Crippen molar-refractivity contribution in [2.75, 3.05) is 11.1 Å². The van der Waals surface area contributed by atoms with Crippen LogP contribution in [0.5, 0.6) is 0 Å². The van der Waals surface area contributed by atoms with Gasteiger partial charge < -0.3 is 5.32 Å². The van der Waals surface area contributed by atoms with Crippen LogP contribution in [0, 0.1) is 6.92 Å². The first-order chi connectivity index (χ1) is 14.8. The van der Waals surface area contributed by atoms with Crippen LogP contribution in [-0.2, 0) is 11.0 Å². The molecule has 0 spiro atoms. The second-order valence-electron chi connectivity index (χ2n) is 6.75. The Morgan fingerprint density at radius 1 is 1.00 bits per heavy atom. The maximum absolute atomic E-state index is 12.6. The average Bonchev–Trinajstić information content (AvgIpc) is 3.15. The van der Waals surface area contributed by atoms with Crippen molar-refractivity contribution < 1.29 is 18.0 Å². The molecule has 0 fully saturated rings. The van der Waals surface area contributed by atoms with Crippen LogP contribution in [0.4, 0.5) is 18.9 Å². The molecule has 6 nitrogen and oxygen atoms in total. The average molecular weight is 443 g/mol. The van der Waals surface area contributed by atoms with E-state index in [1.807, 2.05) is 37.3 Å².